The first-order chi connectivity index (χ1) is 13.5. The summed E-state index contributed by atoms with van der Waals surface area (Å²) in [5.74, 6) is 1.75. The highest BCUT2D eigenvalue weighted by Gasteiger charge is 2.09. The second-order valence-electron chi connectivity index (χ2n) is 6.35. The fourth-order valence-electron chi connectivity index (χ4n) is 2.77. The number of rotatable bonds is 9. The number of amides is 1. The van der Waals surface area contributed by atoms with Crippen LogP contribution in [0.4, 0.5) is 0 Å². The van der Waals surface area contributed by atoms with Crippen LogP contribution in [0.5, 0.6) is 17.2 Å². The number of ether oxygens (including phenoxy) is 2. The average Bonchev–Trinajstić information content (AvgIpc) is 2.69. The molecule has 0 heterocycles. The second kappa shape index (κ2) is 12.8. The Balaban J connectivity index is 0.00000190. The molecule has 0 aliphatic heterocycles. The van der Waals surface area contributed by atoms with Crippen LogP contribution in [0.15, 0.2) is 36.4 Å². The fraction of sp³-hybridized carbons (Fsp3) is 0.435. The summed E-state index contributed by atoms with van der Waals surface area (Å²) in [4.78, 5) is 11.9. The molecule has 5 nitrogen and oxygen atoms in total. The zero-order valence-corrected chi connectivity index (χ0v) is 17.7. The summed E-state index contributed by atoms with van der Waals surface area (Å²) in [6, 6.07) is 10.8. The van der Waals surface area contributed by atoms with Crippen LogP contribution in [0, 0.1) is 13.8 Å². The SMILES string of the molecule is CC.COCCCNC(=O)CCc1cc(C)c(Oc2ccc(O)cc2)c(C)c1. The predicted molar refractivity (Wildman–Crippen MR) is 113 cm³/mol. The maximum absolute atomic E-state index is 11.9. The summed E-state index contributed by atoms with van der Waals surface area (Å²) in [6.07, 6.45) is 1.98. The zero-order chi connectivity index (χ0) is 20.9. The Labute approximate surface area is 168 Å². The number of methoxy groups -OCH3 is 1. The van der Waals surface area contributed by atoms with Crippen molar-refractivity contribution in [3.8, 4) is 17.2 Å². The van der Waals surface area contributed by atoms with Gasteiger partial charge < -0.3 is 19.9 Å². The molecule has 0 saturated heterocycles. The van der Waals surface area contributed by atoms with Gasteiger partial charge in [-0.25, -0.2) is 0 Å². The molecule has 0 unspecified atom stereocenters. The largest absolute Gasteiger partial charge is 0.508 e. The Morgan fingerprint density at radius 1 is 1.07 bits per heavy atom. The van der Waals surface area contributed by atoms with E-state index in [-0.39, 0.29) is 11.7 Å². The third kappa shape index (κ3) is 8.01. The van der Waals surface area contributed by atoms with Crippen LogP contribution < -0.4 is 10.1 Å². The molecule has 0 spiro atoms. The normalized spacial score (nSPS) is 10.0. The summed E-state index contributed by atoms with van der Waals surface area (Å²) in [5.41, 5.74) is 3.16. The Morgan fingerprint density at radius 3 is 2.25 bits per heavy atom. The van der Waals surface area contributed by atoms with E-state index in [1.165, 1.54) is 0 Å². The van der Waals surface area contributed by atoms with Crippen LogP contribution in [-0.4, -0.2) is 31.3 Å². The summed E-state index contributed by atoms with van der Waals surface area (Å²) in [6.45, 7) is 9.29. The molecule has 0 bridgehead atoms. The lowest BCUT2D eigenvalue weighted by molar-refractivity contribution is -0.121. The van der Waals surface area contributed by atoms with E-state index in [0.717, 1.165) is 28.9 Å². The summed E-state index contributed by atoms with van der Waals surface area (Å²) in [7, 11) is 1.65. The smallest absolute Gasteiger partial charge is 0.220 e. The number of phenolic OH excluding ortho intramolecular Hbond substituents is 1. The van der Waals surface area contributed by atoms with E-state index in [2.05, 4.69) is 17.4 Å². The van der Waals surface area contributed by atoms with E-state index in [1.54, 1.807) is 31.4 Å². The molecule has 2 aromatic carbocycles. The third-order valence-corrected chi connectivity index (χ3v) is 4.06. The van der Waals surface area contributed by atoms with E-state index >= 15 is 0 Å². The zero-order valence-electron chi connectivity index (χ0n) is 17.7. The van der Waals surface area contributed by atoms with Gasteiger partial charge in [-0.05, 0) is 67.6 Å². The van der Waals surface area contributed by atoms with Gasteiger partial charge in [0.1, 0.15) is 17.2 Å². The number of nitrogens with one attached hydrogen (secondary N) is 1. The Morgan fingerprint density at radius 2 is 1.68 bits per heavy atom. The van der Waals surface area contributed by atoms with Crippen molar-refractivity contribution < 1.29 is 19.4 Å². The van der Waals surface area contributed by atoms with Gasteiger partial charge in [-0.2, -0.15) is 0 Å². The molecule has 2 aromatic rings. The molecule has 0 aliphatic rings. The number of aromatic hydroxyl groups is 1. The molecule has 0 atom stereocenters. The van der Waals surface area contributed by atoms with Gasteiger partial charge in [-0.15, -0.1) is 0 Å². The first-order valence-electron chi connectivity index (χ1n) is 9.82. The van der Waals surface area contributed by atoms with Crippen LogP contribution in [0.3, 0.4) is 0 Å². The highest BCUT2D eigenvalue weighted by Crippen LogP contribution is 2.31. The lowest BCUT2D eigenvalue weighted by Gasteiger charge is -2.14. The standard InChI is InChI=1S/C21H27NO4.C2H6/c1-15-13-17(5-10-20(24)22-11-4-12-25-3)14-16(2)21(15)26-19-8-6-18(23)7-9-19;1-2/h6-9,13-14,23H,4-5,10-12H2,1-3H3,(H,22,24);1-2H3. The molecule has 154 valence electrons. The lowest BCUT2D eigenvalue weighted by Crippen LogP contribution is -2.25. The first-order valence-corrected chi connectivity index (χ1v) is 9.82. The van der Waals surface area contributed by atoms with Crippen molar-refractivity contribution in [1.29, 1.82) is 0 Å². The molecule has 2 rings (SSSR count). The number of carbonyl (C=O) groups is 1. The second-order valence-corrected chi connectivity index (χ2v) is 6.35. The minimum atomic E-state index is 0.0563. The molecule has 0 saturated carbocycles. The topological polar surface area (TPSA) is 67.8 Å². The van der Waals surface area contributed by atoms with E-state index in [9.17, 15) is 9.90 Å². The van der Waals surface area contributed by atoms with Gasteiger partial charge in [0.25, 0.3) is 0 Å². The van der Waals surface area contributed by atoms with Gasteiger partial charge in [0, 0.05) is 26.7 Å². The van der Waals surface area contributed by atoms with Crippen LogP contribution in [0.1, 0.15) is 43.4 Å². The van der Waals surface area contributed by atoms with E-state index in [0.29, 0.717) is 31.7 Å². The van der Waals surface area contributed by atoms with Crippen molar-refractivity contribution in [2.75, 3.05) is 20.3 Å². The third-order valence-electron chi connectivity index (χ3n) is 4.06. The van der Waals surface area contributed by atoms with Gasteiger partial charge in [0.05, 0.1) is 0 Å². The van der Waals surface area contributed by atoms with E-state index < -0.39 is 0 Å². The van der Waals surface area contributed by atoms with Crippen LogP contribution >= 0.6 is 0 Å². The Hall–Kier alpha value is -2.53. The van der Waals surface area contributed by atoms with Crippen molar-refractivity contribution >= 4 is 5.91 Å². The minimum Gasteiger partial charge on any atom is -0.508 e. The monoisotopic (exact) mass is 387 g/mol. The van der Waals surface area contributed by atoms with Gasteiger partial charge in [-0.1, -0.05) is 26.0 Å². The van der Waals surface area contributed by atoms with Gasteiger partial charge in [0.2, 0.25) is 5.91 Å². The van der Waals surface area contributed by atoms with Crippen molar-refractivity contribution in [2.45, 2.75) is 47.0 Å². The molecule has 28 heavy (non-hydrogen) atoms. The Bertz CT molecular complexity index is 703. The predicted octanol–water partition coefficient (Wildman–Crippen LogP) is 4.91. The van der Waals surface area contributed by atoms with E-state index in [1.807, 2.05) is 27.7 Å². The molecule has 0 radical (unpaired) electrons. The van der Waals surface area contributed by atoms with Crippen molar-refractivity contribution in [2.24, 2.45) is 0 Å². The Kier molecular flexibility index (Phi) is 10.7. The van der Waals surface area contributed by atoms with Crippen LogP contribution in [0.2, 0.25) is 0 Å². The molecular formula is C23H33NO4. The molecule has 0 aromatic heterocycles. The number of hydrogen-bond acceptors (Lipinski definition) is 4. The van der Waals surface area contributed by atoms with Crippen molar-refractivity contribution in [1.82, 2.24) is 5.32 Å². The highest BCUT2D eigenvalue weighted by molar-refractivity contribution is 5.76. The molecule has 0 fully saturated rings. The minimum absolute atomic E-state index is 0.0563. The lowest BCUT2D eigenvalue weighted by atomic mass is 10.0. The van der Waals surface area contributed by atoms with Crippen molar-refractivity contribution in [3.63, 3.8) is 0 Å². The number of aryl methyl sites for hydroxylation is 3. The molecule has 0 aliphatic carbocycles. The quantitative estimate of drug-likeness (QED) is 0.600. The van der Waals surface area contributed by atoms with Gasteiger partial charge in [-0.3, -0.25) is 4.79 Å². The molecule has 2 N–H and O–H groups in total. The summed E-state index contributed by atoms with van der Waals surface area (Å²) < 4.78 is 10.9. The van der Waals surface area contributed by atoms with Crippen molar-refractivity contribution in [3.05, 3.63) is 53.1 Å². The maximum atomic E-state index is 11.9. The molecular weight excluding hydrogens is 354 g/mol. The summed E-state index contributed by atoms with van der Waals surface area (Å²) >= 11 is 0. The van der Waals surface area contributed by atoms with Gasteiger partial charge in [0.15, 0.2) is 0 Å². The first kappa shape index (κ1) is 23.5. The van der Waals surface area contributed by atoms with E-state index in [4.69, 9.17) is 9.47 Å². The molecule has 1 amide bonds. The number of hydrogen-bond donors (Lipinski definition) is 2. The maximum Gasteiger partial charge on any atom is 0.220 e. The van der Waals surface area contributed by atoms with Gasteiger partial charge >= 0.3 is 0 Å². The van der Waals surface area contributed by atoms with Crippen LogP contribution in [-0.2, 0) is 16.0 Å². The number of carbonyl (C=O) groups excluding carboxylic acids is 1. The summed E-state index contributed by atoms with van der Waals surface area (Å²) in [5, 5.41) is 12.3. The average molecular weight is 388 g/mol. The van der Waals surface area contributed by atoms with Crippen LogP contribution in [0.25, 0.3) is 0 Å². The highest BCUT2D eigenvalue weighted by atomic mass is 16.5. The fourth-order valence-corrected chi connectivity index (χ4v) is 2.77. The molecule has 5 heteroatoms. The number of phenols is 1. The number of benzene rings is 2.